The molecular weight excluding hydrogens is 210 g/mol. The third-order valence-corrected chi connectivity index (χ3v) is 3.57. The molecule has 90 valence electrons. The van der Waals surface area contributed by atoms with E-state index >= 15 is 0 Å². The molecule has 5 nitrogen and oxygen atoms in total. The lowest BCUT2D eigenvalue weighted by Gasteiger charge is -2.35. The maximum absolute atomic E-state index is 11.6. The van der Waals surface area contributed by atoms with Crippen molar-refractivity contribution in [2.75, 3.05) is 6.61 Å². The number of carboxylic acid groups (broad SMARTS) is 1. The Morgan fingerprint density at radius 1 is 1.31 bits per heavy atom. The molecule has 2 rings (SSSR count). The predicted octanol–water partition coefficient (Wildman–Crippen LogP) is 1.47. The number of hydrogen-bond donors (Lipinski definition) is 1. The van der Waals surface area contributed by atoms with Gasteiger partial charge >= 0.3 is 12.1 Å². The third-order valence-electron chi connectivity index (χ3n) is 3.57. The van der Waals surface area contributed by atoms with Gasteiger partial charge in [0.25, 0.3) is 0 Å². The summed E-state index contributed by atoms with van der Waals surface area (Å²) in [7, 11) is 0. The van der Waals surface area contributed by atoms with Gasteiger partial charge in [0, 0.05) is 12.1 Å². The van der Waals surface area contributed by atoms with Crippen LogP contribution >= 0.6 is 0 Å². The molecule has 5 heteroatoms. The molecule has 0 saturated carbocycles. The highest BCUT2D eigenvalue weighted by Gasteiger charge is 2.45. The second-order valence-corrected chi connectivity index (χ2v) is 4.50. The number of piperidine rings is 1. The van der Waals surface area contributed by atoms with Crippen LogP contribution in [0, 0.1) is 5.92 Å². The van der Waals surface area contributed by atoms with E-state index in [0.717, 1.165) is 12.8 Å². The molecule has 2 heterocycles. The monoisotopic (exact) mass is 227 g/mol. The normalized spacial score (nSPS) is 32.6. The molecule has 0 aromatic heterocycles. The van der Waals surface area contributed by atoms with Gasteiger partial charge in [-0.15, -0.1) is 0 Å². The fraction of sp³-hybridized carbons (Fsp3) is 0.818. The van der Waals surface area contributed by atoms with Crippen LogP contribution < -0.4 is 0 Å². The molecule has 2 aliphatic heterocycles. The van der Waals surface area contributed by atoms with Crippen molar-refractivity contribution in [2.24, 2.45) is 5.92 Å². The molecule has 2 atom stereocenters. The van der Waals surface area contributed by atoms with Crippen LogP contribution in [0.15, 0.2) is 0 Å². The Hall–Kier alpha value is -1.26. The highest BCUT2D eigenvalue weighted by atomic mass is 16.5. The SMILES string of the molecule is CCOC(=O)C1CC2CCC(C1)N2C(=O)O. The average Bonchev–Trinajstić information content (AvgIpc) is 2.50. The molecule has 2 aliphatic rings. The van der Waals surface area contributed by atoms with E-state index in [1.54, 1.807) is 6.92 Å². The van der Waals surface area contributed by atoms with Crippen molar-refractivity contribution in [3.63, 3.8) is 0 Å². The van der Waals surface area contributed by atoms with Crippen LogP contribution in [0.3, 0.4) is 0 Å². The van der Waals surface area contributed by atoms with Gasteiger partial charge in [0.2, 0.25) is 0 Å². The zero-order valence-corrected chi connectivity index (χ0v) is 9.39. The van der Waals surface area contributed by atoms with E-state index < -0.39 is 6.09 Å². The van der Waals surface area contributed by atoms with Gasteiger partial charge in [0.05, 0.1) is 12.5 Å². The summed E-state index contributed by atoms with van der Waals surface area (Å²) in [4.78, 5) is 24.2. The summed E-state index contributed by atoms with van der Waals surface area (Å²) in [6.45, 7) is 2.19. The van der Waals surface area contributed by atoms with Crippen molar-refractivity contribution < 1.29 is 19.4 Å². The highest BCUT2D eigenvalue weighted by molar-refractivity contribution is 5.74. The van der Waals surface area contributed by atoms with E-state index in [1.165, 1.54) is 4.90 Å². The van der Waals surface area contributed by atoms with E-state index in [1.807, 2.05) is 0 Å². The standard InChI is InChI=1S/C11H17NO4/c1-2-16-10(13)7-5-8-3-4-9(6-7)12(8)11(14)15/h7-9H,2-6H2,1H3,(H,14,15). The van der Waals surface area contributed by atoms with Crippen LogP contribution in [-0.4, -0.2) is 40.8 Å². The van der Waals surface area contributed by atoms with Gasteiger partial charge in [-0.1, -0.05) is 0 Å². The number of ether oxygens (including phenoxy) is 1. The molecule has 0 aliphatic carbocycles. The van der Waals surface area contributed by atoms with Gasteiger partial charge in [0.1, 0.15) is 0 Å². The van der Waals surface area contributed by atoms with Crippen LogP contribution in [-0.2, 0) is 9.53 Å². The fourth-order valence-corrected chi connectivity index (χ4v) is 2.94. The van der Waals surface area contributed by atoms with E-state index in [2.05, 4.69) is 0 Å². The Kier molecular flexibility index (Phi) is 3.03. The van der Waals surface area contributed by atoms with Crippen LogP contribution in [0.1, 0.15) is 32.6 Å². The first kappa shape index (κ1) is 11.2. The lowest BCUT2D eigenvalue weighted by Crippen LogP contribution is -2.47. The van der Waals surface area contributed by atoms with E-state index in [0.29, 0.717) is 19.4 Å². The van der Waals surface area contributed by atoms with Crippen molar-refractivity contribution in [1.82, 2.24) is 4.90 Å². The summed E-state index contributed by atoms with van der Waals surface area (Å²) < 4.78 is 5.00. The van der Waals surface area contributed by atoms with Gasteiger partial charge in [-0.2, -0.15) is 0 Å². The van der Waals surface area contributed by atoms with Crippen LogP contribution in [0.4, 0.5) is 4.79 Å². The Balaban J connectivity index is 2.02. The molecule has 2 unspecified atom stereocenters. The number of nitrogens with zero attached hydrogens (tertiary/aromatic N) is 1. The van der Waals surface area contributed by atoms with Gasteiger partial charge in [-0.3, -0.25) is 4.79 Å². The number of amides is 1. The molecule has 16 heavy (non-hydrogen) atoms. The van der Waals surface area contributed by atoms with E-state index in [4.69, 9.17) is 9.84 Å². The number of carbonyl (C=O) groups excluding carboxylic acids is 1. The molecule has 0 radical (unpaired) electrons. The maximum Gasteiger partial charge on any atom is 0.407 e. The van der Waals surface area contributed by atoms with Crippen LogP contribution in [0.2, 0.25) is 0 Å². The van der Waals surface area contributed by atoms with Crippen molar-refractivity contribution in [2.45, 2.75) is 44.7 Å². The molecule has 2 bridgehead atoms. The average molecular weight is 227 g/mol. The summed E-state index contributed by atoms with van der Waals surface area (Å²) in [5, 5.41) is 9.06. The molecular formula is C11H17NO4. The molecule has 2 fully saturated rings. The summed E-state index contributed by atoms with van der Waals surface area (Å²) in [5.74, 6) is -0.266. The summed E-state index contributed by atoms with van der Waals surface area (Å²) in [6.07, 6.45) is 2.16. The van der Waals surface area contributed by atoms with Gasteiger partial charge in [0.15, 0.2) is 0 Å². The molecule has 2 saturated heterocycles. The lowest BCUT2D eigenvalue weighted by molar-refractivity contribution is -0.150. The largest absolute Gasteiger partial charge is 0.466 e. The van der Waals surface area contributed by atoms with E-state index in [9.17, 15) is 9.59 Å². The number of esters is 1. The molecule has 1 N–H and O–H groups in total. The Morgan fingerprint density at radius 2 is 1.88 bits per heavy atom. The maximum atomic E-state index is 11.6. The van der Waals surface area contributed by atoms with Crippen LogP contribution in [0.5, 0.6) is 0 Å². The molecule has 1 amide bonds. The third kappa shape index (κ3) is 1.86. The quantitative estimate of drug-likeness (QED) is 0.725. The minimum atomic E-state index is -0.852. The molecule has 0 aromatic rings. The predicted molar refractivity (Wildman–Crippen MR) is 56.0 cm³/mol. The van der Waals surface area contributed by atoms with Crippen molar-refractivity contribution in [1.29, 1.82) is 0 Å². The van der Waals surface area contributed by atoms with Gasteiger partial charge in [-0.05, 0) is 32.6 Å². The van der Waals surface area contributed by atoms with Gasteiger partial charge in [-0.25, -0.2) is 4.79 Å². The summed E-state index contributed by atoms with van der Waals surface area (Å²) >= 11 is 0. The first-order valence-electron chi connectivity index (χ1n) is 5.81. The van der Waals surface area contributed by atoms with Crippen molar-refractivity contribution in [3.05, 3.63) is 0 Å². The Labute approximate surface area is 94.4 Å². The minimum absolute atomic E-state index is 0.0191. The number of rotatable bonds is 2. The van der Waals surface area contributed by atoms with Gasteiger partial charge < -0.3 is 14.7 Å². The van der Waals surface area contributed by atoms with E-state index in [-0.39, 0.29) is 24.0 Å². The second kappa shape index (κ2) is 4.31. The first-order chi connectivity index (χ1) is 7.63. The second-order valence-electron chi connectivity index (χ2n) is 4.50. The topological polar surface area (TPSA) is 66.8 Å². The van der Waals surface area contributed by atoms with Crippen molar-refractivity contribution >= 4 is 12.1 Å². The minimum Gasteiger partial charge on any atom is -0.466 e. The van der Waals surface area contributed by atoms with Crippen LogP contribution in [0.25, 0.3) is 0 Å². The number of fused-ring (bicyclic) bond motifs is 2. The van der Waals surface area contributed by atoms with Crippen molar-refractivity contribution in [3.8, 4) is 0 Å². The zero-order valence-electron chi connectivity index (χ0n) is 9.39. The molecule has 0 spiro atoms. The Bertz CT molecular complexity index is 290. The Morgan fingerprint density at radius 3 is 2.31 bits per heavy atom. The fourth-order valence-electron chi connectivity index (χ4n) is 2.94. The smallest absolute Gasteiger partial charge is 0.407 e. The first-order valence-corrected chi connectivity index (χ1v) is 5.81. The molecule has 0 aromatic carbocycles. The lowest BCUT2D eigenvalue weighted by atomic mass is 9.91. The number of hydrogen-bond acceptors (Lipinski definition) is 3. The highest BCUT2D eigenvalue weighted by Crippen LogP contribution is 2.39. The zero-order chi connectivity index (χ0) is 11.7. The summed E-state index contributed by atoms with van der Waals surface area (Å²) in [6, 6.07) is 0.0383. The number of carbonyl (C=O) groups is 2. The summed E-state index contributed by atoms with van der Waals surface area (Å²) in [5.41, 5.74) is 0.